The van der Waals surface area contributed by atoms with Gasteiger partial charge in [0.2, 0.25) is 0 Å². The quantitative estimate of drug-likeness (QED) is 0.139. The number of benzene rings is 1. The Kier molecular flexibility index (Phi) is 15.3. The third kappa shape index (κ3) is 13.7. The highest BCUT2D eigenvalue weighted by Gasteiger charge is 2.28. The Bertz CT molecular complexity index is 1050. The van der Waals surface area contributed by atoms with Crippen LogP contribution in [0.3, 0.4) is 0 Å². The van der Waals surface area contributed by atoms with Gasteiger partial charge in [-0.2, -0.15) is 0 Å². The van der Waals surface area contributed by atoms with Gasteiger partial charge in [-0.15, -0.1) is 0 Å². The zero-order chi connectivity index (χ0) is 31.9. The van der Waals surface area contributed by atoms with E-state index in [1.807, 2.05) is 27.7 Å². The van der Waals surface area contributed by atoms with E-state index in [-0.39, 0.29) is 43.0 Å². The molecule has 1 aromatic carbocycles. The molecule has 0 amide bonds. The van der Waals surface area contributed by atoms with E-state index in [1.165, 1.54) is 12.1 Å². The minimum absolute atomic E-state index is 0.0274. The molecule has 0 spiro atoms. The highest BCUT2D eigenvalue weighted by Crippen LogP contribution is 2.30. The van der Waals surface area contributed by atoms with E-state index in [2.05, 4.69) is 0 Å². The van der Waals surface area contributed by atoms with Gasteiger partial charge >= 0.3 is 24.2 Å². The zero-order valence-corrected chi connectivity index (χ0v) is 26.4. The number of hydrogen-bond donors (Lipinski definition) is 1. The summed E-state index contributed by atoms with van der Waals surface area (Å²) < 4.78 is 31.9. The second-order valence-electron chi connectivity index (χ2n) is 12.0. The molecule has 0 bridgehead atoms. The topological polar surface area (TPSA) is 150 Å². The lowest BCUT2D eigenvalue weighted by atomic mass is 9.89. The highest BCUT2D eigenvalue weighted by atomic mass is 16.7. The van der Waals surface area contributed by atoms with Gasteiger partial charge in [-0.1, -0.05) is 53.0 Å². The van der Waals surface area contributed by atoms with Gasteiger partial charge in [-0.05, 0) is 75.5 Å². The van der Waals surface area contributed by atoms with Crippen LogP contribution in [-0.4, -0.2) is 55.7 Å². The number of nitrogens with two attached hydrogens (primary N) is 1. The average molecular weight is 608 g/mol. The molecule has 2 rings (SSSR count). The Morgan fingerprint density at radius 2 is 1.30 bits per heavy atom. The van der Waals surface area contributed by atoms with Gasteiger partial charge in [0.15, 0.2) is 11.5 Å². The second kappa shape index (κ2) is 18.4. The Balaban J connectivity index is 2.02. The Labute approximate surface area is 255 Å². The van der Waals surface area contributed by atoms with Gasteiger partial charge in [0.05, 0.1) is 19.1 Å². The molecule has 1 aromatic rings. The average Bonchev–Trinajstić information content (AvgIpc) is 2.94. The van der Waals surface area contributed by atoms with Crippen molar-refractivity contribution in [2.24, 2.45) is 23.5 Å². The minimum atomic E-state index is -1.07. The minimum Gasteiger partial charge on any atom is -0.459 e. The molecule has 0 aliphatic heterocycles. The third-order valence-corrected chi connectivity index (χ3v) is 7.19. The largest absolute Gasteiger partial charge is 0.513 e. The van der Waals surface area contributed by atoms with Gasteiger partial charge < -0.3 is 34.2 Å². The number of rotatable bonds is 15. The molecule has 43 heavy (non-hydrogen) atoms. The van der Waals surface area contributed by atoms with Crippen LogP contribution in [0.5, 0.6) is 11.5 Å². The summed E-state index contributed by atoms with van der Waals surface area (Å²) in [5.41, 5.74) is 6.65. The zero-order valence-electron chi connectivity index (χ0n) is 26.4. The van der Waals surface area contributed by atoms with Gasteiger partial charge in [-0.25, -0.2) is 9.59 Å². The van der Waals surface area contributed by atoms with Crippen molar-refractivity contribution in [1.82, 2.24) is 0 Å². The van der Waals surface area contributed by atoms with Crippen molar-refractivity contribution in [2.45, 2.75) is 111 Å². The normalized spacial score (nSPS) is 15.7. The van der Waals surface area contributed by atoms with Gasteiger partial charge in [0.25, 0.3) is 0 Å². The lowest BCUT2D eigenvalue weighted by molar-refractivity contribution is -0.169. The van der Waals surface area contributed by atoms with Crippen LogP contribution in [0.15, 0.2) is 18.2 Å². The fraction of sp³-hybridized carbons (Fsp3) is 0.688. The van der Waals surface area contributed by atoms with Crippen molar-refractivity contribution in [3.8, 4) is 11.5 Å². The van der Waals surface area contributed by atoms with E-state index < -0.39 is 36.5 Å². The molecule has 11 heteroatoms. The summed E-state index contributed by atoms with van der Waals surface area (Å²) in [4.78, 5) is 49.8. The predicted molar refractivity (Wildman–Crippen MR) is 159 cm³/mol. The first-order valence-corrected chi connectivity index (χ1v) is 15.3. The number of carbonyl (C=O) groups is 4. The molecule has 1 aliphatic rings. The standard InChI is InChI=1S/C32H49NO10/c1-20(2)14-16-38-31(36)42-27-13-12-24(19-28(27)43-32(37)39-17-15-21(3)4)18-26(33)30(35)41-23(6)22(5)40-29(34)25-10-8-7-9-11-25/h12-13,19-23,25-26H,7-11,14-18,33H2,1-6H3/t22?,23-,26-/m0/s1. The van der Waals surface area contributed by atoms with Gasteiger partial charge in [0, 0.05) is 0 Å². The summed E-state index contributed by atoms with van der Waals surface area (Å²) in [6, 6.07) is 3.37. The summed E-state index contributed by atoms with van der Waals surface area (Å²) in [6.07, 6.45) is 2.86. The first-order valence-electron chi connectivity index (χ1n) is 15.3. The Hall–Kier alpha value is -3.34. The van der Waals surface area contributed by atoms with E-state index in [1.54, 1.807) is 19.9 Å². The van der Waals surface area contributed by atoms with Crippen LogP contribution in [0, 0.1) is 17.8 Å². The SMILES string of the molecule is CC(C)CCOC(=O)Oc1ccc(C[C@H](N)C(=O)O[C@@H](C)C(C)OC(=O)C2CCCCC2)cc1OC(=O)OCCC(C)C. The van der Waals surface area contributed by atoms with Gasteiger partial charge in [0.1, 0.15) is 18.2 Å². The molecular formula is C32H49NO10. The second-order valence-corrected chi connectivity index (χ2v) is 12.0. The Morgan fingerprint density at radius 1 is 0.767 bits per heavy atom. The maximum absolute atomic E-state index is 12.8. The van der Waals surface area contributed by atoms with Crippen LogP contribution in [0.4, 0.5) is 9.59 Å². The summed E-state index contributed by atoms with van der Waals surface area (Å²) in [7, 11) is 0. The molecule has 0 saturated heterocycles. The molecule has 242 valence electrons. The maximum Gasteiger partial charge on any atom is 0.513 e. The molecule has 0 heterocycles. The monoisotopic (exact) mass is 607 g/mol. The van der Waals surface area contributed by atoms with Crippen molar-refractivity contribution < 1.29 is 47.6 Å². The molecule has 1 aliphatic carbocycles. The maximum atomic E-state index is 12.8. The van der Waals surface area contributed by atoms with Crippen LogP contribution in [-0.2, 0) is 35.0 Å². The fourth-order valence-electron chi connectivity index (χ4n) is 4.26. The summed E-state index contributed by atoms with van der Waals surface area (Å²) in [6.45, 7) is 11.7. The molecule has 2 N–H and O–H groups in total. The number of esters is 2. The fourth-order valence-corrected chi connectivity index (χ4v) is 4.26. The van der Waals surface area contributed by atoms with Gasteiger partial charge in [-0.3, -0.25) is 9.59 Å². The predicted octanol–water partition coefficient (Wildman–Crippen LogP) is 6.12. The molecule has 0 radical (unpaired) electrons. The van der Waals surface area contributed by atoms with Crippen LogP contribution < -0.4 is 15.2 Å². The first kappa shape index (κ1) is 35.9. The van der Waals surface area contributed by atoms with Crippen LogP contribution >= 0.6 is 0 Å². The molecule has 3 atom stereocenters. The summed E-state index contributed by atoms with van der Waals surface area (Å²) in [5, 5.41) is 0. The molecule has 0 aromatic heterocycles. The van der Waals surface area contributed by atoms with Crippen molar-refractivity contribution in [3.05, 3.63) is 23.8 Å². The van der Waals surface area contributed by atoms with Crippen molar-refractivity contribution in [3.63, 3.8) is 0 Å². The number of hydrogen-bond acceptors (Lipinski definition) is 11. The van der Waals surface area contributed by atoms with Crippen molar-refractivity contribution in [1.29, 1.82) is 0 Å². The van der Waals surface area contributed by atoms with E-state index in [0.717, 1.165) is 32.1 Å². The van der Waals surface area contributed by atoms with Crippen LogP contribution in [0.25, 0.3) is 0 Å². The molecule has 1 unspecified atom stereocenters. The molecular weight excluding hydrogens is 558 g/mol. The lowest BCUT2D eigenvalue weighted by Gasteiger charge is -2.26. The molecule has 1 fully saturated rings. The van der Waals surface area contributed by atoms with Crippen molar-refractivity contribution in [2.75, 3.05) is 13.2 Å². The Morgan fingerprint density at radius 3 is 1.86 bits per heavy atom. The van der Waals surface area contributed by atoms with E-state index in [9.17, 15) is 19.2 Å². The van der Waals surface area contributed by atoms with Crippen LogP contribution in [0.2, 0.25) is 0 Å². The first-order chi connectivity index (χ1) is 20.3. The molecule has 1 saturated carbocycles. The lowest BCUT2D eigenvalue weighted by Crippen LogP contribution is -2.40. The number of carbonyl (C=O) groups excluding carboxylic acids is 4. The highest BCUT2D eigenvalue weighted by molar-refractivity contribution is 5.76. The summed E-state index contributed by atoms with van der Waals surface area (Å²) in [5.74, 6) is -0.545. The van der Waals surface area contributed by atoms with E-state index in [0.29, 0.717) is 30.2 Å². The third-order valence-electron chi connectivity index (χ3n) is 7.19. The van der Waals surface area contributed by atoms with E-state index >= 15 is 0 Å². The van der Waals surface area contributed by atoms with Crippen LogP contribution in [0.1, 0.15) is 92.1 Å². The van der Waals surface area contributed by atoms with Crippen molar-refractivity contribution >= 4 is 24.2 Å². The number of ether oxygens (including phenoxy) is 6. The smallest absolute Gasteiger partial charge is 0.459 e. The van der Waals surface area contributed by atoms with E-state index in [4.69, 9.17) is 34.2 Å². The summed E-state index contributed by atoms with van der Waals surface area (Å²) >= 11 is 0. The molecule has 11 nitrogen and oxygen atoms in total.